The van der Waals surface area contributed by atoms with Gasteiger partial charge in [-0.25, -0.2) is 9.79 Å². The summed E-state index contributed by atoms with van der Waals surface area (Å²) >= 11 is 1.41. The zero-order valence-corrected chi connectivity index (χ0v) is 21.2. The number of amides is 1. The SMILES string of the molecule is CC[C@@H]1SC2=NC(C)=C(C(=O)OCc3ccccc3)[C@H](c3cc(OC)c(OC)c(OC)c3)N2C1=O. The van der Waals surface area contributed by atoms with E-state index in [-0.39, 0.29) is 17.8 Å². The number of ether oxygens (including phenoxy) is 4. The maximum absolute atomic E-state index is 13.5. The molecule has 35 heavy (non-hydrogen) atoms. The standard InChI is InChI=1S/C26H28N2O6S/c1-6-20-24(29)28-22(17-12-18(31-3)23(33-5)19(13-17)32-4)21(15(2)27-26(28)35-20)25(30)34-14-16-10-8-7-9-11-16/h7-13,20,22H,6,14H2,1-5H3/t20-,22-/m0/s1. The van der Waals surface area contributed by atoms with Crippen molar-refractivity contribution in [2.45, 2.75) is 38.2 Å². The summed E-state index contributed by atoms with van der Waals surface area (Å²) < 4.78 is 22.2. The fraction of sp³-hybridized carbons (Fsp3) is 0.346. The molecule has 2 aromatic rings. The number of rotatable bonds is 8. The average Bonchev–Trinajstić information content (AvgIpc) is 3.20. The number of allylic oxidation sites excluding steroid dienone is 1. The number of carbonyl (C=O) groups is 2. The maximum Gasteiger partial charge on any atom is 0.338 e. The molecule has 0 spiro atoms. The fourth-order valence-electron chi connectivity index (χ4n) is 4.23. The molecule has 0 saturated carbocycles. The van der Waals surface area contributed by atoms with Crippen LogP contribution in [0.25, 0.3) is 0 Å². The lowest BCUT2D eigenvalue weighted by atomic mass is 9.93. The van der Waals surface area contributed by atoms with E-state index in [1.807, 2.05) is 37.3 Å². The van der Waals surface area contributed by atoms with Crippen molar-refractivity contribution in [1.29, 1.82) is 0 Å². The number of nitrogens with zero attached hydrogens (tertiary/aromatic N) is 2. The third-order valence-electron chi connectivity index (χ3n) is 5.96. The van der Waals surface area contributed by atoms with Crippen molar-refractivity contribution in [3.05, 3.63) is 64.9 Å². The van der Waals surface area contributed by atoms with Gasteiger partial charge < -0.3 is 18.9 Å². The minimum absolute atomic E-state index is 0.101. The summed E-state index contributed by atoms with van der Waals surface area (Å²) in [4.78, 5) is 33.1. The van der Waals surface area contributed by atoms with Crippen LogP contribution in [0.4, 0.5) is 0 Å². The minimum Gasteiger partial charge on any atom is -0.493 e. The van der Waals surface area contributed by atoms with E-state index in [2.05, 4.69) is 4.99 Å². The Hall–Kier alpha value is -3.46. The summed E-state index contributed by atoms with van der Waals surface area (Å²) in [5.41, 5.74) is 2.29. The lowest BCUT2D eigenvalue weighted by Crippen LogP contribution is -2.40. The van der Waals surface area contributed by atoms with Gasteiger partial charge in [0.05, 0.1) is 43.9 Å². The molecule has 0 N–H and O–H groups in total. The van der Waals surface area contributed by atoms with Gasteiger partial charge in [0.25, 0.3) is 0 Å². The van der Waals surface area contributed by atoms with E-state index in [0.29, 0.717) is 45.7 Å². The van der Waals surface area contributed by atoms with Gasteiger partial charge >= 0.3 is 5.97 Å². The van der Waals surface area contributed by atoms with Gasteiger partial charge in [0.15, 0.2) is 16.7 Å². The normalized spacial score (nSPS) is 19.3. The first-order valence-corrected chi connectivity index (χ1v) is 12.1. The number of fused-ring (bicyclic) bond motifs is 1. The lowest BCUT2D eigenvalue weighted by molar-refractivity contribution is -0.141. The quantitative estimate of drug-likeness (QED) is 0.498. The van der Waals surface area contributed by atoms with Gasteiger partial charge in [-0.1, -0.05) is 49.0 Å². The van der Waals surface area contributed by atoms with E-state index in [0.717, 1.165) is 5.56 Å². The molecule has 2 aliphatic rings. The molecule has 1 amide bonds. The van der Waals surface area contributed by atoms with E-state index >= 15 is 0 Å². The number of benzene rings is 2. The Morgan fingerprint density at radius 3 is 2.29 bits per heavy atom. The molecule has 1 saturated heterocycles. The van der Waals surface area contributed by atoms with Crippen LogP contribution >= 0.6 is 11.8 Å². The zero-order valence-electron chi connectivity index (χ0n) is 20.4. The number of hydrogen-bond donors (Lipinski definition) is 0. The van der Waals surface area contributed by atoms with E-state index in [1.165, 1.54) is 33.1 Å². The summed E-state index contributed by atoms with van der Waals surface area (Å²) in [6, 6.07) is 12.2. The Morgan fingerprint density at radius 1 is 1.06 bits per heavy atom. The molecule has 0 aromatic heterocycles. The largest absolute Gasteiger partial charge is 0.493 e. The Morgan fingerprint density at radius 2 is 1.71 bits per heavy atom. The number of hydrogen-bond acceptors (Lipinski definition) is 8. The number of thioether (sulfide) groups is 1. The monoisotopic (exact) mass is 496 g/mol. The van der Waals surface area contributed by atoms with Crippen LogP contribution in [0.2, 0.25) is 0 Å². The van der Waals surface area contributed by atoms with Crippen LogP contribution in [0.15, 0.2) is 58.7 Å². The molecule has 8 nitrogen and oxygen atoms in total. The highest BCUT2D eigenvalue weighted by Crippen LogP contribution is 2.47. The molecule has 0 unspecified atom stereocenters. The number of carbonyl (C=O) groups excluding carboxylic acids is 2. The summed E-state index contributed by atoms with van der Waals surface area (Å²) in [6.45, 7) is 3.83. The average molecular weight is 497 g/mol. The number of methoxy groups -OCH3 is 3. The molecule has 1 fully saturated rings. The lowest BCUT2D eigenvalue weighted by Gasteiger charge is -2.33. The van der Waals surface area contributed by atoms with Crippen LogP contribution in [0.3, 0.4) is 0 Å². The van der Waals surface area contributed by atoms with E-state index < -0.39 is 12.0 Å². The topological polar surface area (TPSA) is 86.7 Å². The zero-order chi connectivity index (χ0) is 25.1. The highest BCUT2D eigenvalue weighted by molar-refractivity contribution is 8.15. The molecule has 2 atom stereocenters. The van der Waals surface area contributed by atoms with Crippen molar-refractivity contribution in [3.8, 4) is 17.2 Å². The molecule has 0 bridgehead atoms. The molecule has 2 heterocycles. The van der Waals surface area contributed by atoms with Gasteiger partial charge in [0.2, 0.25) is 11.7 Å². The Balaban J connectivity index is 1.81. The second-order valence-corrected chi connectivity index (χ2v) is 9.21. The van der Waals surface area contributed by atoms with Crippen molar-refractivity contribution in [1.82, 2.24) is 4.90 Å². The van der Waals surface area contributed by atoms with Gasteiger partial charge in [0.1, 0.15) is 6.61 Å². The minimum atomic E-state index is -0.754. The van der Waals surface area contributed by atoms with Crippen LogP contribution in [0.5, 0.6) is 17.2 Å². The summed E-state index contributed by atoms with van der Waals surface area (Å²) in [5.74, 6) is 0.631. The van der Waals surface area contributed by atoms with E-state index in [1.54, 1.807) is 24.0 Å². The first-order valence-electron chi connectivity index (χ1n) is 11.2. The van der Waals surface area contributed by atoms with Crippen molar-refractivity contribution in [2.75, 3.05) is 21.3 Å². The molecule has 2 aliphatic heterocycles. The van der Waals surface area contributed by atoms with Gasteiger partial charge in [-0.05, 0) is 36.6 Å². The predicted octanol–water partition coefficient (Wildman–Crippen LogP) is 4.49. The predicted molar refractivity (Wildman–Crippen MR) is 134 cm³/mol. The number of esters is 1. The van der Waals surface area contributed by atoms with Crippen LogP contribution in [0.1, 0.15) is 37.4 Å². The van der Waals surface area contributed by atoms with Crippen molar-refractivity contribution >= 4 is 28.8 Å². The molecule has 4 rings (SSSR count). The molecule has 184 valence electrons. The molecule has 0 aliphatic carbocycles. The van der Waals surface area contributed by atoms with E-state index in [4.69, 9.17) is 18.9 Å². The Labute approximate surface area is 208 Å². The maximum atomic E-state index is 13.5. The smallest absolute Gasteiger partial charge is 0.338 e. The molecular weight excluding hydrogens is 468 g/mol. The van der Waals surface area contributed by atoms with Crippen molar-refractivity contribution in [3.63, 3.8) is 0 Å². The van der Waals surface area contributed by atoms with Crippen LogP contribution < -0.4 is 14.2 Å². The first kappa shape index (κ1) is 24.7. The number of amidine groups is 1. The highest BCUT2D eigenvalue weighted by atomic mass is 32.2. The molecule has 9 heteroatoms. The molecule has 2 aromatic carbocycles. The van der Waals surface area contributed by atoms with E-state index in [9.17, 15) is 9.59 Å². The molecule has 0 radical (unpaired) electrons. The first-order chi connectivity index (χ1) is 16.9. The van der Waals surface area contributed by atoms with Crippen LogP contribution in [0, 0.1) is 0 Å². The van der Waals surface area contributed by atoms with Crippen LogP contribution in [-0.4, -0.2) is 48.5 Å². The summed E-state index contributed by atoms with van der Waals surface area (Å²) in [6.07, 6.45) is 0.647. The Kier molecular flexibility index (Phi) is 7.35. The van der Waals surface area contributed by atoms with Crippen molar-refractivity contribution in [2.24, 2.45) is 4.99 Å². The van der Waals surface area contributed by atoms with Crippen molar-refractivity contribution < 1.29 is 28.5 Å². The second-order valence-electron chi connectivity index (χ2n) is 8.04. The number of aliphatic imine (C=N–C) groups is 1. The summed E-state index contributed by atoms with van der Waals surface area (Å²) in [5, 5.41) is 0.295. The third kappa shape index (κ3) is 4.60. The van der Waals surface area contributed by atoms with Gasteiger partial charge in [-0.2, -0.15) is 0 Å². The van der Waals surface area contributed by atoms with Gasteiger partial charge in [-0.15, -0.1) is 0 Å². The highest BCUT2D eigenvalue weighted by Gasteiger charge is 2.47. The third-order valence-corrected chi connectivity index (χ3v) is 7.28. The van der Waals surface area contributed by atoms with Gasteiger partial charge in [-0.3, -0.25) is 9.69 Å². The summed E-state index contributed by atoms with van der Waals surface area (Å²) in [7, 11) is 4.57. The Bertz CT molecular complexity index is 1170. The molecular formula is C26H28N2O6S. The van der Waals surface area contributed by atoms with Gasteiger partial charge in [0, 0.05) is 0 Å². The second kappa shape index (κ2) is 10.4. The fourth-order valence-corrected chi connectivity index (χ4v) is 5.36. The van der Waals surface area contributed by atoms with Crippen LogP contribution in [-0.2, 0) is 20.9 Å².